The van der Waals surface area contributed by atoms with Gasteiger partial charge in [0, 0.05) is 10.0 Å². The van der Waals surface area contributed by atoms with Crippen LogP contribution in [0.4, 0.5) is 0 Å². The molecule has 4 nitrogen and oxygen atoms in total. The van der Waals surface area contributed by atoms with Gasteiger partial charge in [-0.3, -0.25) is 0 Å². The van der Waals surface area contributed by atoms with Crippen LogP contribution >= 0.6 is 15.9 Å². The van der Waals surface area contributed by atoms with E-state index >= 15 is 0 Å². The maximum Gasteiger partial charge on any atom is 0.254 e. The van der Waals surface area contributed by atoms with Crippen LogP contribution in [0.3, 0.4) is 0 Å². The van der Waals surface area contributed by atoms with Gasteiger partial charge in [0.15, 0.2) is 6.61 Å². The molecule has 0 saturated heterocycles. The van der Waals surface area contributed by atoms with Crippen LogP contribution in [0.15, 0.2) is 57.4 Å². The maximum atomic E-state index is 5.62. The smallest absolute Gasteiger partial charge is 0.254 e. The van der Waals surface area contributed by atoms with E-state index in [-0.39, 0.29) is 6.61 Å². The summed E-state index contributed by atoms with van der Waals surface area (Å²) in [4.78, 5) is 0. The van der Waals surface area contributed by atoms with Crippen molar-refractivity contribution in [3.05, 3.63) is 64.5 Å². The van der Waals surface area contributed by atoms with Crippen molar-refractivity contribution in [3.63, 3.8) is 0 Å². The van der Waals surface area contributed by atoms with Crippen molar-refractivity contribution in [3.8, 4) is 17.2 Å². The zero-order chi connectivity index (χ0) is 14.7. The Morgan fingerprint density at radius 3 is 2.76 bits per heavy atom. The van der Waals surface area contributed by atoms with Crippen LogP contribution in [0.25, 0.3) is 11.5 Å². The second-order valence-electron chi connectivity index (χ2n) is 4.62. The Labute approximate surface area is 130 Å². The van der Waals surface area contributed by atoms with E-state index in [4.69, 9.17) is 9.15 Å². The summed E-state index contributed by atoms with van der Waals surface area (Å²) < 4.78 is 12.2. The standard InChI is InChI=1S/C16H13BrN2O2/c1-11-4-2-5-12(8-11)16-19-18-15(21-16)10-20-14-7-3-6-13(17)9-14/h2-9H,10H2,1H3. The van der Waals surface area contributed by atoms with E-state index in [9.17, 15) is 0 Å². The quantitative estimate of drug-likeness (QED) is 0.704. The van der Waals surface area contributed by atoms with Gasteiger partial charge in [-0.1, -0.05) is 39.7 Å². The number of nitrogens with zero attached hydrogens (tertiary/aromatic N) is 2. The van der Waals surface area contributed by atoms with Gasteiger partial charge in [-0.2, -0.15) is 0 Å². The summed E-state index contributed by atoms with van der Waals surface area (Å²) in [5, 5.41) is 8.06. The van der Waals surface area contributed by atoms with E-state index in [1.54, 1.807) is 0 Å². The number of halogens is 1. The number of rotatable bonds is 4. The molecule has 0 aliphatic heterocycles. The Morgan fingerprint density at radius 1 is 1.10 bits per heavy atom. The molecule has 1 aromatic heterocycles. The molecular formula is C16H13BrN2O2. The van der Waals surface area contributed by atoms with Crippen LogP contribution in [0.2, 0.25) is 0 Å². The van der Waals surface area contributed by atoms with E-state index in [1.807, 2.05) is 55.5 Å². The third-order valence-electron chi connectivity index (χ3n) is 2.89. The SMILES string of the molecule is Cc1cccc(-c2nnc(COc3cccc(Br)c3)o2)c1. The minimum absolute atomic E-state index is 0.245. The van der Waals surface area contributed by atoms with Crippen molar-refractivity contribution in [1.82, 2.24) is 10.2 Å². The van der Waals surface area contributed by atoms with Gasteiger partial charge >= 0.3 is 0 Å². The molecule has 2 aromatic carbocycles. The highest BCUT2D eigenvalue weighted by Gasteiger charge is 2.09. The fraction of sp³-hybridized carbons (Fsp3) is 0.125. The van der Waals surface area contributed by atoms with Gasteiger partial charge in [-0.05, 0) is 37.3 Å². The highest BCUT2D eigenvalue weighted by molar-refractivity contribution is 9.10. The molecular weight excluding hydrogens is 332 g/mol. The van der Waals surface area contributed by atoms with E-state index < -0.39 is 0 Å². The molecule has 0 aliphatic rings. The summed E-state index contributed by atoms with van der Waals surface area (Å²) >= 11 is 3.40. The van der Waals surface area contributed by atoms with E-state index in [0.29, 0.717) is 11.8 Å². The molecule has 0 aliphatic carbocycles. The maximum absolute atomic E-state index is 5.62. The first-order valence-corrected chi connectivity index (χ1v) is 7.28. The third kappa shape index (κ3) is 3.49. The lowest BCUT2D eigenvalue weighted by molar-refractivity contribution is 0.264. The molecule has 1 heterocycles. The van der Waals surface area contributed by atoms with Crippen LogP contribution in [0, 0.1) is 6.92 Å². The molecule has 0 radical (unpaired) electrons. The van der Waals surface area contributed by atoms with Gasteiger partial charge in [-0.25, -0.2) is 0 Å². The molecule has 0 amide bonds. The molecule has 0 fully saturated rings. The van der Waals surface area contributed by atoms with Gasteiger partial charge in [0.1, 0.15) is 5.75 Å². The van der Waals surface area contributed by atoms with Gasteiger partial charge in [-0.15, -0.1) is 10.2 Å². The average molecular weight is 345 g/mol. The minimum Gasteiger partial charge on any atom is -0.484 e. The van der Waals surface area contributed by atoms with Crippen molar-refractivity contribution in [2.24, 2.45) is 0 Å². The van der Waals surface area contributed by atoms with Crippen molar-refractivity contribution < 1.29 is 9.15 Å². The first-order valence-electron chi connectivity index (χ1n) is 6.48. The molecule has 0 N–H and O–H groups in total. The van der Waals surface area contributed by atoms with Gasteiger partial charge in [0.2, 0.25) is 5.89 Å². The second-order valence-corrected chi connectivity index (χ2v) is 5.53. The van der Waals surface area contributed by atoms with Crippen molar-refractivity contribution in [1.29, 1.82) is 0 Å². The summed E-state index contributed by atoms with van der Waals surface area (Å²) in [6.07, 6.45) is 0. The molecule has 106 valence electrons. The monoisotopic (exact) mass is 344 g/mol. The number of benzene rings is 2. The minimum atomic E-state index is 0.245. The van der Waals surface area contributed by atoms with Crippen molar-refractivity contribution >= 4 is 15.9 Å². The highest BCUT2D eigenvalue weighted by atomic mass is 79.9. The number of aryl methyl sites for hydroxylation is 1. The predicted octanol–water partition coefficient (Wildman–Crippen LogP) is 4.39. The molecule has 0 atom stereocenters. The molecule has 21 heavy (non-hydrogen) atoms. The molecule has 3 rings (SSSR count). The van der Waals surface area contributed by atoms with Gasteiger partial charge in [0.05, 0.1) is 0 Å². The number of hydrogen-bond donors (Lipinski definition) is 0. The Kier molecular flexibility index (Phi) is 4.01. The molecule has 5 heteroatoms. The van der Waals surface area contributed by atoms with E-state index in [0.717, 1.165) is 21.3 Å². The molecule has 0 unspecified atom stereocenters. The summed E-state index contributed by atoms with van der Waals surface area (Å²) in [6.45, 7) is 2.27. The van der Waals surface area contributed by atoms with E-state index in [2.05, 4.69) is 26.1 Å². The van der Waals surface area contributed by atoms with Crippen LogP contribution in [-0.2, 0) is 6.61 Å². The van der Waals surface area contributed by atoms with E-state index in [1.165, 1.54) is 0 Å². The van der Waals surface area contributed by atoms with Crippen molar-refractivity contribution in [2.75, 3.05) is 0 Å². The van der Waals surface area contributed by atoms with Crippen LogP contribution in [0.1, 0.15) is 11.5 Å². The average Bonchev–Trinajstić information content (AvgIpc) is 2.94. The van der Waals surface area contributed by atoms with Crippen LogP contribution in [0.5, 0.6) is 5.75 Å². The Balaban J connectivity index is 1.71. The zero-order valence-electron chi connectivity index (χ0n) is 11.4. The fourth-order valence-electron chi connectivity index (χ4n) is 1.91. The lowest BCUT2D eigenvalue weighted by Gasteiger charge is -2.03. The summed E-state index contributed by atoms with van der Waals surface area (Å²) in [5.74, 6) is 1.71. The Bertz CT molecular complexity index is 755. The fourth-order valence-corrected chi connectivity index (χ4v) is 2.29. The van der Waals surface area contributed by atoms with Gasteiger partial charge in [0.25, 0.3) is 5.89 Å². The van der Waals surface area contributed by atoms with Gasteiger partial charge < -0.3 is 9.15 Å². The Morgan fingerprint density at radius 2 is 1.95 bits per heavy atom. The third-order valence-corrected chi connectivity index (χ3v) is 3.38. The number of hydrogen-bond acceptors (Lipinski definition) is 4. The lowest BCUT2D eigenvalue weighted by atomic mass is 10.1. The zero-order valence-corrected chi connectivity index (χ0v) is 13.0. The Hall–Kier alpha value is -2.14. The van der Waals surface area contributed by atoms with Crippen LogP contribution in [-0.4, -0.2) is 10.2 Å². The second kappa shape index (κ2) is 6.10. The topological polar surface area (TPSA) is 48.2 Å². The lowest BCUT2D eigenvalue weighted by Crippen LogP contribution is -1.95. The molecule has 0 bridgehead atoms. The molecule has 0 saturated carbocycles. The molecule has 0 spiro atoms. The first kappa shape index (κ1) is 13.8. The summed E-state index contributed by atoms with van der Waals surface area (Å²) in [5.41, 5.74) is 2.06. The molecule has 3 aromatic rings. The highest BCUT2D eigenvalue weighted by Crippen LogP contribution is 2.21. The summed E-state index contributed by atoms with van der Waals surface area (Å²) in [6, 6.07) is 15.6. The number of ether oxygens (including phenoxy) is 1. The number of aromatic nitrogens is 2. The van der Waals surface area contributed by atoms with Crippen molar-refractivity contribution in [2.45, 2.75) is 13.5 Å². The largest absolute Gasteiger partial charge is 0.484 e. The first-order chi connectivity index (χ1) is 10.2. The predicted molar refractivity (Wildman–Crippen MR) is 82.9 cm³/mol. The summed E-state index contributed by atoms with van der Waals surface area (Å²) in [7, 11) is 0. The normalized spacial score (nSPS) is 10.6. The van der Waals surface area contributed by atoms with Crippen LogP contribution < -0.4 is 4.74 Å².